The molecule has 0 aliphatic carbocycles. The Balaban J connectivity index is 2.30. The predicted molar refractivity (Wildman–Crippen MR) is 91.6 cm³/mol. The van der Waals surface area contributed by atoms with Crippen LogP contribution in [0.25, 0.3) is 27.5 Å². The summed E-state index contributed by atoms with van der Waals surface area (Å²) < 4.78 is 42.7. The molecule has 0 spiro atoms. The molecule has 9 heteroatoms. The molecule has 5 nitrogen and oxygen atoms in total. The first kappa shape index (κ1) is 16.6. The lowest BCUT2D eigenvalue weighted by atomic mass is 10.1. The van der Waals surface area contributed by atoms with Crippen LogP contribution in [-0.2, 0) is 13.2 Å². The highest BCUT2D eigenvalue weighted by Crippen LogP contribution is 2.37. The maximum absolute atomic E-state index is 13.6. The van der Waals surface area contributed by atoms with E-state index >= 15 is 0 Å². The summed E-state index contributed by atoms with van der Waals surface area (Å²) in [5.74, 6) is 0. The largest absolute Gasteiger partial charge is 0.433 e. The van der Waals surface area contributed by atoms with Crippen molar-refractivity contribution < 1.29 is 13.2 Å². The van der Waals surface area contributed by atoms with Crippen molar-refractivity contribution in [3.05, 3.63) is 63.8 Å². The quantitative estimate of drug-likeness (QED) is 0.504. The van der Waals surface area contributed by atoms with E-state index in [1.165, 1.54) is 42.2 Å². The number of fused-ring (bicyclic) bond motifs is 3. The van der Waals surface area contributed by atoms with Gasteiger partial charge in [-0.1, -0.05) is 17.7 Å². The second-order valence-corrected chi connectivity index (χ2v) is 6.14. The molecule has 0 aliphatic rings. The van der Waals surface area contributed by atoms with Gasteiger partial charge >= 0.3 is 6.18 Å². The first-order valence-electron chi connectivity index (χ1n) is 7.47. The van der Waals surface area contributed by atoms with Crippen LogP contribution in [0, 0.1) is 0 Å². The van der Waals surface area contributed by atoms with Gasteiger partial charge in [-0.15, -0.1) is 0 Å². The Kier molecular flexibility index (Phi) is 3.55. The molecule has 0 saturated carbocycles. The number of hydrogen-bond donors (Lipinski definition) is 0. The molecule has 0 bridgehead atoms. The monoisotopic (exact) mass is 378 g/mol. The summed E-state index contributed by atoms with van der Waals surface area (Å²) in [5.41, 5.74) is -1.25. The fourth-order valence-electron chi connectivity index (χ4n) is 3.11. The molecule has 0 fully saturated rings. The highest BCUT2D eigenvalue weighted by atomic mass is 35.5. The molecule has 0 aliphatic heterocycles. The first-order valence-corrected chi connectivity index (χ1v) is 7.85. The summed E-state index contributed by atoms with van der Waals surface area (Å²) in [5, 5.41) is 4.14. The zero-order valence-electron chi connectivity index (χ0n) is 13.3. The number of benzene rings is 1. The van der Waals surface area contributed by atoms with Crippen LogP contribution in [-0.4, -0.2) is 19.3 Å². The smallest absolute Gasteiger partial charge is 0.273 e. The molecule has 0 amide bonds. The lowest BCUT2D eigenvalue weighted by Gasteiger charge is -2.13. The molecule has 4 aromatic rings. The summed E-state index contributed by atoms with van der Waals surface area (Å²) in [4.78, 5) is 17.0. The molecular formula is C17H10ClF3N4O. The van der Waals surface area contributed by atoms with Crippen LogP contribution in [0.5, 0.6) is 0 Å². The van der Waals surface area contributed by atoms with Crippen LogP contribution in [0.15, 0.2) is 47.5 Å². The number of aromatic nitrogens is 4. The number of rotatable bonds is 1. The standard InChI is InChI=1S/C17H10ClF3N4O/c1-24-15(17(19,20)21)13-11-5-4-9(18)7-12(11)25(16(26)14(13)23-24)10-3-2-6-22-8-10/h2-8H,1H3. The van der Waals surface area contributed by atoms with Gasteiger partial charge in [-0.3, -0.25) is 19.0 Å². The van der Waals surface area contributed by atoms with Crippen LogP contribution >= 0.6 is 11.6 Å². The van der Waals surface area contributed by atoms with E-state index in [0.29, 0.717) is 15.4 Å². The van der Waals surface area contributed by atoms with Gasteiger partial charge in [0.15, 0.2) is 11.2 Å². The topological polar surface area (TPSA) is 52.7 Å². The van der Waals surface area contributed by atoms with Crippen LogP contribution in [0.4, 0.5) is 13.2 Å². The average Bonchev–Trinajstić information content (AvgIpc) is 2.93. The number of pyridine rings is 2. The molecule has 3 heterocycles. The molecule has 26 heavy (non-hydrogen) atoms. The molecule has 0 N–H and O–H groups in total. The van der Waals surface area contributed by atoms with Gasteiger partial charge in [0, 0.05) is 29.0 Å². The van der Waals surface area contributed by atoms with Gasteiger partial charge in [0.25, 0.3) is 5.56 Å². The van der Waals surface area contributed by atoms with Crippen molar-refractivity contribution in [1.82, 2.24) is 19.3 Å². The zero-order valence-corrected chi connectivity index (χ0v) is 14.0. The molecule has 1 aromatic carbocycles. The van der Waals surface area contributed by atoms with Gasteiger partial charge in [-0.25, -0.2) is 0 Å². The summed E-state index contributed by atoms with van der Waals surface area (Å²) in [6.07, 6.45) is -1.69. The molecule has 4 rings (SSSR count). The second-order valence-electron chi connectivity index (χ2n) is 5.71. The average molecular weight is 379 g/mol. The summed E-state index contributed by atoms with van der Waals surface area (Å²) in [6, 6.07) is 7.66. The third-order valence-corrected chi connectivity index (χ3v) is 4.33. The SMILES string of the molecule is Cn1nc2c(=O)n(-c3cccnc3)c3cc(Cl)ccc3c2c1C(F)(F)F. The Morgan fingerprint density at radius 1 is 1.19 bits per heavy atom. The van der Waals surface area contributed by atoms with Gasteiger partial charge in [0.1, 0.15) is 0 Å². The van der Waals surface area contributed by atoms with Gasteiger partial charge in [0.2, 0.25) is 0 Å². The highest BCUT2D eigenvalue weighted by molar-refractivity contribution is 6.31. The van der Waals surface area contributed by atoms with Crippen molar-refractivity contribution in [2.24, 2.45) is 7.05 Å². The summed E-state index contributed by atoms with van der Waals surface area (Å²) in [6.45, 7) is 0. The maximum atomic E-state index is 13.6. The van der Waals surface area contributed by atoms with Gasteiger partial charge < -0.3 is 0 Å². The van der Waals surface area contributed by atoms with Gasteiger partial charge in [-0.2, -0.15) is 18.3 Å². The Morgan fingerprint density at radius 3 is 2.62 bits per heavy atom. The molecule has 0 atom stereocenters. The molecule has 0 saturated heterocycles. The minimum atomic E-state index is -4.66. The Labute approximate surface area is 149 Å². The van der Waals surface area contributed by atoms with Crippen LogP contribution in [0.1, 0.15) is 5.69 Å². The van der Waals surface area contributed by atoms with E-state index < -0.39 is 17.4 Å². The normalized spacial score (nSPS) is 12.2. The molecule has 0 unspecified atom stereocenters. The van der Waals surface area contributed by atoms with E-state index in [9.17, 15) is 18.0 Å². The van der Waals surface area contributed by atoms with Crippen LogP contribution in [0.3, 0.4) is 0 Å². The second kappa shape index (κ2) is 5.57. The minimum Gasteiger partial charge on any atom is -0.273 e. The third kappa shape index (κ3) is 2.37. The Morgan fingerprint density at radius 2 is 1.96 bits per heavy atom. The number of alkyl halides is 3. The first-order chi connectivity index (χ1) is 12.3. The highest BCUT2D eigenvalue weighted by Gasteiger charge is 2.38. The number of halogens is 4. The lowest BCUT2D eigenvalue weighted by Crippen LogP contribution is -2.19. The number of nitrogens with zero attached hydrogens (tertiary/aromatic N) is 4. The van der Waals surface area contributed by atoms with Crippen molar-refractivity contribution in [1.29, 1.82) is 0 Å². The molecular weight excluding hydrogens is 369 g/mol. The fourth-order valence-corrected chi connectivity index (χ4v) is 3.28. The number of aryl methyl sites for hydroxylation is 1. The Hall–Kier alpha value is -2.87. The molecule has 0 radical (unpaired) electrons. The summed E-state index contributed by atoms with van der Waals surface area (Å²) >= 11 is 6.04. The van der Waals surface area contributed by atoms with E-state index in [2.05, 4.69) is 10.1 Å². The fraction of sp³-hybridized carbons (Fsp3) is 0.118. The third-order valence-electron chi connectivity index (χ3n) is 4.10. The Bertz CT molecular complexity index is 1210. The number of hydrogen-bond acceptors (Lipinski definition) is 3. The van der Waals surface area contributed by atoms with Crippen molar-refractivity contribution in [3.8, 4) is 5.69 Å². The van der Waals surface area contributed by atoms with Crippen molar-refractivity contribution in [3.63, 3.8) is 0 Å². The van der Waals surface area contributed by atoms with Crippen molar-refractivity contribution in [2.75, 3.05) is 0 Å². The molecule has 3 aromatic heterocycles. The van der Waals surface area contributed by atoms with E-state index in [1.54, 1.807) is 12.1 Å². The van der Waals surface area contributed by atoms with Crippen LogP contribution in [0.2, 0.25) is 5.02 Å². The van der Waals surface area contributed by atoms with Crippen molar-refractivity contribution >= 4 is 33.4 Å². The van der Waals surface area contributed by atoms with Gasteiger partial charge in [-0.05, 0) is 24.3 Å². The predicted octanol–water partition coefficient (Wildman–Crippen LogP) is 3.94. The molecule has 132 valence electrons. The minimum absolute atomic E-state index is 0.230. The summed E-state index contributed by atoms with van der Waals surface area (Å²) in [7, 11) is 1.17. The lowest BCUT2D eigenvalue weighted by molar-refractivity contribution is -0.142. The zero-order chi connectivity index (χ0) is 18.6. The van der Waals surface area contributed by atoms with E-state index in [4.69, 9.17) is 11.6 Å². The van der Waals surface area contributed by atoms with E-state index in [1.807, 2.05) is 0 Å². The van der Waals surface area contributed by atoms with Crippen LogP contribution < -0.4 is 5.56 Å². The van der Waals surface area contributed by atoms with E-state index in [0.717, 1.165) is 0 Å². The maximum Gasteiger partial charge on any atom is 0.433 e. The van der Waals surface area contributed by atoms with E-state index in [-0.39, 0.29) is 21.8 Å². The van der Waals surface area contributed by atoms with Crippen molar-refractivity contribution in [2.45, 2.75) is 6.18 Å². The van der Waals surface area contributed by atoms with Gasteiger partial charge in [0.05, 0.1) is 17.4 Å².